The van der Waals surface area contributed by atoms with Gasteiger partial charge in [0.1, 0.15) is 0 Å². The van der Waals surface area contributed by atoms with Crippen LogP contribution in [-0.4, -0.2) is 15.0 Å². The van der Waals surface area contributed by atoms with E-state index in [1.54, 1.807) is 0 Å². The molecule has 0 radical (unpaired) electrons. The molecule has 3 heteroatoms. The Morgan fingerprint density at radius 2 is 1.39 bits per heavy atom. The lowest BCUT2D eigenvalue weighted by Crippen LogP contribution is -2.32. The van der Waals surface area contributed by atoms with Gasteiger partial charge in [0, 0.05) is 0 Å². The molecule has 1 heterocycles. The highest BCUT2D eigenvalue weighted by Crippen LogP contribution is 2.32. The third-order valence-electron chi connectivity index (χ3n) is 4.57. The average molecular weight is 249 g/mol. The molecule has 0 atom stereocenters. The number of aryl methyl sites for hydroxylation is 1. The van der Waals surface area contributed by atoms with Gasteiger partial charge in [-0.1, -0.05) is 50.2 Å². The lowest BCUT2D eigenvalue weighted by Gasteiger charge is -2.31. The zero-order chi connectivity index (χ0) is 13.0. The van der Waals surface area contributed by atoms with Crippen molar-refractivity contribution in [2.45, 2.75) is 84.1 Å². The number of nitrogens with zero attached hydrogens (tertiary/aromatic N) is 3. The van der Waals surface area contributed by atoms with E-state index < -0.39 is 0 Å². The summed E-state index contributed by atoms with van der Waals surface area (Å²) in [5, 5.41) is 8.65. The summed E-state index contributed by atoms with van der Waals surface area (Å²) in [6.07, 6.45) is 12.1. The zero-order valence-corrected chi connectivity index (χ0v) is 12.2. The van der Waals surface area contributed by atoms with Gasteiger partial charge in [-0.15, -0.1) is 5.10 Å². The van der Waals surface area contributed by atoms with Gasteiger partial charge in [0.2, 0.25) is 0 Å². The molecule has 0 aliphatic heterocycles. The highest BCUT2D eigenvalue weighted by atomic mass is 15.5. The molecule has 0 N–H and O–H groups in total. The van der Waals surface area contributed by atoms with Gasteiger partial charge in [-0.25, -0.2) is 4.68 Å². The highest BCUT2D eigenvalue weighted by Gasteiger charge is 2.29. The van der Waals surface area contributed by atoms with Crippen LogP contribution < -0.4 is 0 Å². The molecular weight excluding hydrogens is 222 g/mol. The predicted octanol–water partition coefficient (Wildman–Crippen LogP) is 4.13. The van der Waals surface area contributed by atoms with Crippen molar-refractivity contribution in [2.75, 3.05) is 0 Å². The van der Waals surface area contributed by atoms with Crippen LogP contribution in [0.3, 0.4) is 0 Å². The quantitative estimate of drug-likeness (QED) is 0.749. The van der Waals surface area contributed by atoms with Gasteiger partial charge < -0.3 is 0 Å². The van der Waals surface area contributed by atoms with E-state index in [1.165, 1.54) is 63.5 Å². The van der Waals surface area contributed by atoms with Gasteiger partial charge in [-0.05, 0) is 33.6 Å². The van der Waals surface area contributed by atoms with Crippen molar-refractivity contribution >= 4 is 0 Å². The third-order valence-corrected chi connectivity index (χ3v) is 4.57. The van der Waals surface area contributed by atoms with E-state index in [0.29, 0.717) is 0 Å². The Balaban J connectivity index is 2.16. The van der Waals surface area contributed by atoms with Crippen molar-refractivity contribution in [2.24, 2.45) is 0 Å². The molecule has 1 fully saturated rings. The Morgan fingerprint density at radius 3 is 1.83 bits per heavy atom. The van der Waals surface area contributed by atoms with Crippen molar-refractivity contribution in [3.8, 4) is 0 Å². The second kappa shape index (κ2) is 5.85. The zero-order valence-electron chi connectivity index (χ0n) is 12.2. The van der Waals surface area contributed by atoms with Crippen LogP contribution in [0.5, 0.6) is 0 Å². The molecule has 0 saturated heterocycles. The SMILES string of the molecule is Cc1nnn(C2(C)CCCCCCCCC2)c1C. The first kappa shape index (κ1) is 13.6. The molecule has 1 saturated carbocycles. The Bertz CT molecular complexity index is 371. The van der Waals surface area contributed by atoms with Crippen molar-refractivity contribution in [3.05, 3.63) is 11.4 Å². The number of hydrogen-bond acceptors (Lipinski definition) is 2. The molecule has 102 valence electrons. The molecule has 0 amide bonds. The van der Waals surface area contributed by atoms with E-state index >= 15 is 0 Å². The summed E-state index contributed by atoms with van der Waals surface area (Å²) in [7, 11) is 0. The van der Waals surface area contributed by atoms with E-state index in [2.05, 4.69) is 35.8 Å². The Morgan fingerprint density at radius 1 is 0.889 bits per heavy atom. The van der Waals surface area contributed by atoms with Crippen molar-refractivity contribution in [3.63, 3.8) is 0 Å². The van der Waals surface area contributed by atoms with Gasteiger partial charge in [-0.3, -0.25) is 0 Å². The maximum Gasteiger partial charge on any atom is 0.0825 e. The second-order valence-corrected chi connectivity index (χ2v) is 6.14. The van der Waals surface area contributed by atoms with Crippen molar-refractivity contribution in [1.82, 2.24) is 15.0 Å². The van der Waals surface area contributed by atoms with E-state index in [0.717, 1.165) is 5.69 Å². The van der Waals surface area contributed by atoms with Crippen LogP contribution in [0.1, 0.15) is 76.1 Å². The third kappa shape index (κ3) is 2.93. The van der Waals surface area contributed by atoms with Gasteiger partial charge in [-0.2, -0.15) is 0 Å². The van der Waals surface area contributed by atoms with Gasteiger partial charge in [0.25, 0.3) is 0 Å². The molecule has 0 bridgehead atoms. The summed E-state index contributed by atoms with van der Waals surface area (Å²) < 4.78 is 2.20. The molecule has 18 heavy (non-hydrogen) atoms. The maximum absolute atomic E-state index is 4.40. The Hall–Kier alpha value is -0.860. The predicted molar refractivity (Wildman–Crippen MR) is 74.7 cm³/mol. The fourth-order valence-electron chi connectivity index (χ4n) is 3.15. The second-order valence-electron chi connectivity index (χ2n) is 6.14. The number of hydrogen-bond donors (Lipinski definition) is 0. The fraction of sp³-hybridized carbons (Fsp3) is 0.867. The van der Waals surface area contributed by atoms with E-state index in [9.17, 15) is 0 Å². The lowest BCUT2D eigenvalue weighted by molar-refractivity contribution is 0.214. The smallest absolute Gasteiger partial charge is 0.0825 e. The first-order chi connectivity index (χ1) is 8.63. The van der Waals surface area contributed by atoms with Crippen molar-refractivity contribution in [1.29, 1.82) is 0 Å². The molecule has 0 spiro atoms. The molecule has 0 unspecified atom stereocenters. The van der Waals surface area contributed by atoms with Crippen LogP contribution in [0.4, 0.5) is 0 Å². The molecule has 3 nitrogen and oxygen atoms in total. The van der Waals surface area contributed by atoms with Crippen LogP contribution in [0.2, 0.25) is 0 Å². The first-order valence-corrected chi connectivity index (χ1v) is 7.53. The number of rotatable bonds is 1. The van der Waals surface area contributed by atoms with E-state index in [4.69, 9.17) is 0 Å². The minimum atomic E-state index is 0.183. The first-order valence-electron chi connectivity index (χ1n) is 7.53. The van der Waals surface area contributed by atoms with Crippen LogP contribution in [-0.2, 0) is 5.54 Å². The lowest BCUT2D eigenvalue weighted by atomic mass is 9.86. The standard InChI is InChI=1S/C15H27N3/c1-13-14(2)18(17-16-13)15(3)11-9-7-5-4-6-8-10-12-15/h4-12H2,1-3H3. The summed E-state index contributed by atoms with van der Waals surface area (Å²) in [4.78, 5) is 0. The normalized spacial score (nSPS) is 21.7. The van der Waals surface area contributed by atoms with Gasteiger partial charge >= 0.3 is 0 Å². The number of aromatic nitrogens is 3. The van der Waals surface area contributed by atoms with Crippen LogP contribution >= 0.6 is 0 Å². The van der Waals surface area contributed by atoms with Gasteiger partial charge in [0.05, 0.1) is 16.9 Å². The van der Waals surface area contributed by atoms with Gasteiger partial charge in [0.15, 0.2) is 0 Å². The summed E-state index contributed by atoms with van der Waals surface area (Å²) >= 11 is 0. The summed E-state index contributed by atoms with van der Waals surface area (Å²) in [6.45, 7) is 6.58. The molecule has 1 aliphatic carbocycles. The molecule has 2 rings (SSSR count). The highest BCUT2D eigenvalue weighted by molar-refractivity contribution is 5.07. The average Bonchev–Trinajstić information content (AvgIpc) is 2.69. The largest absolute Gasteiger partial charge is 0.244 e. The fourth-order valence-corrected chi connectivity index (χ4v) is 3.15. The summed E-state index contributed by atoms with van der Waals surface area (Å²) in [6, 6.07) is 0. The Labute approximate surface area is 111 Å². The molecular formula is C15H27N3. The topological polar surface area (TPSA) is 30.7 Å². The van der Waals surface area contributed by atoms with Crippen LogP contribution in [0.25, 0.3) is 0 Å². The monoisotopic (exact) mass is 249 g/mol. The Kier molecular flexibility index (Phi) is 4.41. The summed E-state index contributed by atoms with van der Waals surface area (Å²) in [5.74, 6) is 0. The molecule has 0 aromatic carbocycles. The minimum Gasteiger partial charge on any atom is -0.244 e. The maximum atomic E-state index is 4.40. The van der Waals surface area contributed by atoms with E-state index in [1.807, 2.05) is 0 Å². The van der Waals surface area contributed by atoms with E-state index in [-0.39, 0.29) is 5.54 Å². The summed E-state index contributed by atoms with van der Waals surface area (Å²) in [5.41, 5.74) is 2.51. The van der Waals surface area contributed by atoms with Crippen LogP contribution in [0, 0.1) is 13.8 Å². The molecule has 1 aromatic rings. The molecule has 1 aliphatic rings. The van der Waals surface area contributed by atoms with Crippen LogP contribution in [0.15, 0.2) is 0 Å². The van der Waals surface area contributed by atoms with Crippen molar-refractivity contribution < 1.29 is 0 Å². The molecule has 1 aromatic heterocycles. The minimum absolute atomic E-state index is 0.183.